The van der Waals surface area contributed by atoms with E-state index in [9.17, 15) is 43.2 Å². The number of esters is 4. The number of ether oxygens (including phenoxy) is 4. The number of allylic oxidation sites excluding steroid dienone is 4. The van der Waals surface area contributed by atoms with Crippen molar-refractivity contribution in [3.05, 3.63) is 24.3 Å². The van der Waals surface area contributed by atoms with Gasteiger partial charge in [0.15, 0.2) is 12.2 Å². The van der Waals surface area contributed by atoms with Crippen molar-refractivity contribution in [1.82, 2.24) is 0 Å². The van der Waals surface area contributed by atoms with E-state index in [1.165, 1.54) is 141 Å². The first-order valence-electron chi connectivity index (χ1n) is 35.6. The summed E-state index contributed by atoms with van der Waals surface area (Å²) in [6.45, 7) is 4.79. The van der Waals surface area contributed by atoms with Crippen molar-refractivity contribution in [3.8, 4) is 0 Å². The maximum atomic E-state index is 13.0. The summed E-state index contributed by atoms with van der Waals surface area (Å²) < 4.78 is 68.0. The molecule has 0 aliphatic heterocycles. The van der Waals surface area contributed by atoms with Crippen molar-refractivity contribution in [2.45, 2.75) is 354 Å². The van der Waals surface area contributed by atoms with Gasteiger partial charge in [0.25, 0.3) is 0 Å². The molecule has 0 radical (unpaired) electrons. The van der Waals surface area contributed by atoms with Crippen LogP contribution >= 0.6 is 15.6 Å². The number of hydrogen-bond donors (Lipinski definition) is 3. The molecule has 0 spiro atoms. The van der Waals surface area contributed by atoms with Gasteiger partial charge in [-0.3, -0.25) is 37.3 Å². The topological polar surface area (TPSA) is 237 Å². The molecule has 88 heavy (non-hydrogen) atoms. The van der Waals surface area contributed by atoms with Gasteiger partial charge >= 0.3 is 39.5 Å². The number of aliphatic hydroxyl groups excluding tert-OH is 1. The summed E-state index contributed by atoms with van der Waals surface area (Å²) in [6, 6.07) is 0. The molecule has 0 amide bonds. The Kier molecular flexibility index (Phi) is 61.5. The Morgan fingerprint density at radius 2 is 0.545 bits per heavy atom. The number of carbonyl (C=O) groups excluding carboxylic acids is 4. The molecule has 0 rings (SSSR count). The fourth-order valence-electron chi connectivity index (χ4n) is 9.98. The van der Waals surface area contributed by atoms with Gasteiger partial charge in [-0.2, -0.15) is 0 Å². The van der Waals surface area contributed by atoms with Gasteiger partial charge in [-0.05, 0) is 51.4 Å². The van der Waals surface area contributed by atoms with Gasteiger partial charge in [0.1, 0.15) is 19.3 Å². The van der Waals surface area contributed by atoms with Gasteiger partial charge in [-0.15, -0.1) is 0 Å². The van der Waals surface area contributed by atoms with E-state index in [1.807, 2.05) is 0 Å². The molecule has 5 atom stereocenters. The Labute approximate surface area is 535 Å². The number of rotatable bonds is 68. The Hall–Kier alpha value is -2.46. The van der Waals surface area contributed by atoms with E-state index in [0.29, 0.717) is 25.7 Å². The highest BCUT2D eigenvalue weighted by Gasteiger charge is 2.30. The lowest BCUT2D eigenvalue weighted by Crippen LogP contribution is -2.30. The molecule has 0 bridgehead atoms. The molecule has 0 heterocycles. The number of phosphoric ester groups is 2. The largest absolute Gasteiger partial charge is 0.472 e. The van der Waals surface area contributed by atoms with Crippen LogP contribution in [0.2, 0.25) is 0 Å². The third-order valence-corrected chi connectivity index (χ3v) is 17.4. The third kappa shape index (κ3) is 62.4. The molecule has 0 aromatic carbocycles. The van der Waals surface area contributed by atoms with Crippen LogP contribution in [0.4, 0.5) is 0 Å². The minimum absolute atomic E-state index is 0.102. The first kappa shape index (κ1) is 85.5. The standard InChI is InChI=1S/C69H130O17P2/c1-5-9-13-17-20-23-26-29-31-33-35-38-41-44-48-52-56-69(74)86-65(60-80-67(72)54-50-46-42-39-37-34-32-30-27-24-21-18-14-10-6-2)62-84-88(77,78)82-58-63(70)57-81-87(75,76)83-61-64(59-79-66(71)53-49-45-16-12-8-4)85-68(73)55-51-47-43-40-36-28-25-22-19-15-11-7-3/h24,27,30,32,63-65,70H,5-23,25-26,28-29,31,33-62H2,1-4H3,(H,75,76)(H,77,78)/b27-24-,32-30-/t63-,64+,65+/m0/s1. The second-order valence-electron chi connectivity index (χ2n) is 24.2. The van der Waals surface area contributed by atoms with Crippen LogP contribution in [0, 0.1) is 0 Å². The highest BCUT2D eigenvalue weighted by Crippen LogP contribution is 2.45. The van der Waals surface area contributed by atoms with Crippen molar-refractivity contribution in [1.29, 1.82) is 0 Å². The van der Waals surface area contributed by atoms with Crippen molar-refractivity contribution in [3.63, 3.8) is 0 Å². The van der Waals surface area contributed by atoms with Crippen LogP contribution in [0.3, 0.4) is 0 Å². The lowest BCUT2D eigenvalue weighted by Gasteiger charge is -2.21. The van der Waals surface area contributed by atoms with Gasteiger partial charge < -0.3 is 33.8 Å². The Balaban J connectivity index is 5.20. The molecule has 0 aromatic rings. The van der Waals surface area contributed by atoms with Gasteiger partial charge in [-0.25, -0.2) is 9.13 Å². The lowest BCUT2D eigenvalue weighted by molar-refractivity contribution is -0.161. The van der Waals surface area contributed by atoms with Crippen LogP contribution in [-0.4, -0.2) is 96.7 Å². The number of hydrogen-bond acceptors (Lipinski definition) is 15. The number of aliphatic hydroxyl groups is 1. The van der Waals surface area contributed by atoms with Crippen molar-refractivity contribution < 1.29 is 80.2 Å². The fraction of sp³-hybridized carbons (Fsp3) is 0.884. The summed E-state index contributed by atoms with van der Waals surface area (Å²) in [7, 11) is -9.90. The molecule has 2 unspecified atom stereocenters. The molecule has 518 valence electrons. The number of phosphoric acid groups is 2. The first-order chi connectivity index (χ1) is 42.7. The fourth-order valence-corrected chi connectivity index (χ4v) is 11.6. The molecule has 17 nitrogen and oxygen atoms in total. The summed E-state index contributed by atoms with van der Waals surface area (Å²) in [4.78, 5) is 72.2. The highest BCUT2D eigenvalue weighted by molar-refractivity contribution is 7.47. The molecule has 3 N–H and O–H groups in total. The van der Waals surface area contributed by atoms with Crippen molar-refractivity contribution in [2.75, 3.05) is 39.6 Å². The van der Waals surface area contributed by atoms with E-state index in [4.69, 9.17) is 37.0 Å². The lowest BCUT2D eigenvalue weighted by atomic mass is 10.0. The SMILES string of the molecule is CCCCCC/C=C\C=C/CCCCCCCC(=O)OC[C@H](COP(=O)(O)OC[C@@H](O)COP(=O)(O)OC[C@@H](COC(=O)CCCCCCC)OC(=O)CCCCCCCCCCCCCC)OC(=O)CCCCCCCCCCCCCCCCCC. The molecule has 19 heteroatoms. The van der Waals surface area contributed by atoms with Crippen LogP contribution < -0.4 is 0 Å². The summed E-state index contributed by atoms with van der Waals surface area (Å²) in [6.07, 6.45) is 53.8. The normalized spacial score (nSPS) is 14.2. The Morgan fingerprint density at radius 3 is 0.830 bits per heavy atom. The predicted octanol–water partition coefficient (Wildman–Crippen LogP) is 19.4. The van der Waals surface area contributed by atoms with Crippen LogP contribution in [0.15, 0.2) is 24.3 Å². The van der Waals surface area contributed by atoms with E-state index in [-0.39, 0.29) is 25.7 Å². The van der Waals surface area contributed by atoms with Gasteiger partial charge in [0.05, 0.1) is 26.4 Å². The highest BCUT2D eigenvalue weighted by atomic mass is 31.2. The smallest absolute Gasteiger partial charge is 0.462 e. The van der Waals surface area contributed by atoms with Gasteiger partial charge in [0, 0.05) is 25.7 Å². The zero-order valence-corrected chi connectivity index (χ0v) is 58.0. The van der Waals surface area contributed by atoms with Gasteiger partial charge in [0.2, 0.25) is 0 Å². The average molecular weight is 1290 g/mol. The van der Waals surface area contributed by atoms with Crippen LogP contribution in [0.5, 0.6) is 0 Å². The number of unbranched alkanes of at least 4 members (excludes halogenated alkanes) is 39. The summed E-state index contributed by atoms with van der Waals surface area (Å²) >= 11 is 0. The second-order valence-corrected chi connectivity index (χ2v) is 27.1. The van der Waals surface area contributed by atoms with Gasteiger partial charge in [-0.1, -0.05) is 283 Å². The summed E-state index contributed by atoms with van der Waals surface area (Å²) in [5.74, 6) is -2.16. The molecule has 0 aromatic heterocycles. The van der Waals surface area contributed by atoms with Crippen LogP contribution in [0.1, 0.15) is 336 Å². The van der Waals surface area contributed by atoms with E-state index < -0.39 is 97.5 Å². The minimum atomic E-state index is -4.96. The molecule has 0 aliphatic rings. The predicted molar refractivity (Wildman–Crippen MR) is 354 cm³/mol. The molecule has 0 saturated heterocycles. The molecule has 0 fully saturated rings. The quantitative estimate of drug-likeness (QED) is 0.0169. The Morgan fingerprint density at radius 1 is 0.318 bits per heavy atom. The van der Waals surface area contributed by atoms with E-state index in [0.717, 1.165) is 116 Å². The maximum absolute atomic E-state index is 13.0. The molecular formula is C69H130O17P2. The van der Waals surface area contributed by atoms with Crippen molar-refractivity contribution >= 4 is 39.5 Å². The van der Waals surface area contributed by atoms with Crippen molar-refractivity contribution in [2.24, 2.45) is 0 Å². The molecular weight excluding hydrogens is 1160 g/mol. The molecule has 0 saturated carbocycles. The maximum Gasteiger partial charge on any atom is 0.472 e. The Bertz CT molecular complexity index is 1780. The third-order valence-electron chi connectivity index (χ3n) is 15.5. The van der Waals surface area contributed by atoms with Crippen LogP contribution in [0.25, 0.3) is 0 Å². The van der Waals surface area contributed by atoms with Crippen LogP contribution in [-0.2, 0) is 65.4 Å². The second kappa shape index (κ2) is 63.3. The summed E-state index contributed by atoms with van der Waals surface area (Å²) in [5.41, 5.74) is 0. The van der Waals surface area contributed by atoms with E-state index in [1.54, 1.807) is 0 Å². The zero-order chi connectivity index (χ0) is 64.7. The monoisotopic (exact) mass is 1290 g/mol. The summed E-state index contributed by atoms with van der Waals surface area (Å²) in [5, 5.41) is 10.5. The van der Waals surface area contributed by atoms with E-state index in [2.05, 4.69) is 52.0 Å². The van der Waals surface area contributed by atoms with E-state index >= 15 is 0 Å². The first-order valence-corrected chi connectivity index (χ1v) is 38.6. The average Bonchev–Trinajstić information content (AvgIpc) is 3.71. The zero-order valence-electron chi connectivity index (χ0n) is 56.2. The number of carbonyl (C=O) groups is 4. The minimum Gasteiger partial charge on any atom is -0.462 e. The molecule has 0 aliphatic carbocycles.